The summed E-state index contributed by atoms with van der Waals surface area (Å²) in [7, 11) is 1.51. The average Bonchev–Trinajstić information content (AvgIpc) is 3.05. The zero-order valence-electron chi connectivity index (χ0n) is 16.9. The number of fused-ring (bicyclic) bond motifs is 1. The summed E-state index contributed by atoms with van der Waals surface area (Å²) in [4.78, 5) is 25.9. The lowest BCUT2D eigenvalue weighted by Crippen LogP contribution is -2.23. The molecule has 0 bridgehead atoms. The van der Waals surface area contributed by atoms with E-state index >= 15 is 0 Å². The van der Waals surface area contributed by atoms with Crippen molar-refractivity contribution in [3.8, 4) is 11.5 Å². The number of aromatic nitrogens is 1. The molecule has 0 saturated carbocycles. The molecule has 4 aromatic rings. The number of hydrogen-bond donors (Lipinski definition) is 2. The van der Waals surface area contributed by atoms with Gasteiger partial charge in [-0.15, -0.1) is 0 Å². The predicted octanol–water partition coefficient (Wildman–Crippen LogP) is 5.53. The van der Waals surface area contributed by atoms with E-state index in [4.69, 9.17) is 27.9 Å². The Morgan fingerprint density at radius 2 is 1.78 bits per heavy atom. The Balaban J connectivity index is 1.73. The smallest absolute Gasteiger partial charge is 0.296 e. The molecule has 162 valence electrons. The van der Waals surface area contributed by atoms with Crippen LogP contribution in [-0.2, 0) is 11.3 Å². The van der Waals surface area contributed by atoms with E-state index in [1.807, 2.05) is 12.1 Å². The Morgan fingerprint density at radius 3 is 2.50 bits per heavy atom. The van der Waals surface area contributed by atoms with Crippen LogP contribution in [0.15, 0.2) is 66.7 Å². The minimum Gasteiger partial charge on any atom is -0.508 e. The zero-order chi connectivity index (χ0) is 22.8. The first-order valence-electron chi connectivity index (χ1n) is 9.62. The number of amides is 1. The summed E-state index contributed by atoms with van der Waals surface area (Å²) in [6.45, 7) is 0.349. The lowest BCUT2D eigenvalue weighted by Gasteiger charge is -2.08. The second-order valence-electron chi connectivity index (χ2n) is 7.10. The van der Waals surface area contributed by atoms with E-state index in [1.54, 1.807) is 47.0 Å². The van der Waals surface area contributed by atoms with Crippen molar-refractivity contribution >= 4 is 51.5 Å². The van der Waals surface area contributed by atoms with Crippen LogP contribution >= 0.6 is 23.2 Å². The van der Waals surface area contributed by atoms with Crippen molar-refractivity contribution in [2.24, 2.45) is 0 Å². The van der Waals surface area contributed by atoms with E-state index in [9.17, 15) is 14.7 Å². The number of halogens is 2. The maximum absolute atomic E-state index is 13.1. The van der Waals surface area contributed by atoms with Crippen molar-refractivity contribution in [1.82, 2.24) is 4.57 Å². The van der Waals surface area contributed by atoms with Crippen molar-refractivity contribution in [3.63, 3.8) is 0 Å². The number of nitrogens with one attached hydrogen (secondary N) is 1. The molecule has 2 N–H and O–H groups in total. The summed E-state index contributed by atoms with van der Waals surface area (Å²) >= 11 is 12.6. The molecule has 0 fully saturated rings. The Kier molecular flexibility index (Phi) is 6.08. The molecule has 0 aliphatic carbocycles. The molecule has 1 amide bonds. The number of Topliss-reactive ketones (excluding diaryl/α,β-unsaturated/α-hetero) is 1. The van der Waals surface area contributed by atoms with Crippen molar-refractivity contribution in [3.05, 3.63) is 88.0 Å². The van der Waals surface area contributed by atoms with Crippen LogP contribution in [0.3, 0.4) is 0 Å². The molecule has 0 spiro atoms. The van der Waals surface area contributed by atoms with E-state index in [-0.39, 0.29) is 16.5 Å². The number of hydrogen-bond acceptors (Lipinski definition) is 4. The third-order valence-corrected chi connectivity index (χ3v) is 5.64. The number of ether oxygens (including phenoxy) is 1. The Bertz CT molecular complexity index is 1330. The Hall–Kier alpha value is -3.48. The number of phenolic OH excluding ortho intramolecular Hbond substituents is 1. The van der Waals surface area contributed by atoms with Gasteiger partial charge in [-0.05, 0) is 48.0 Å². The monoisotopic (exact) mass is 468 g/mol. The van der Waals surface area contributed by atoms with Crippen LogP contribution in [0.5, 0.6) is 11.5 Å². The fraction of sp³-hybridized carbons (Fsp3) is 0.0833. The van der Waals surface area contributed by atoms with Gasteiger partial charge in [0.15, 0.2) is 0 Å². The number of anilines is 1. The molecular weight excluding hydrogens is 451 g/mol. The van der Waals surface area contributed by atoms with Crippen molar-refractivity contribution in [1.29, 1.82) is 0 Å². The molecular formula is C24H18Cl2N2O4. The molecule has 0 atom stereocenters. The fourth-order valence-corrected chi connectivity index (χ4v) is 3.92. The topological polar surface area (TPSA) is 80.6 Å². The van der Waals surface area contributed by atoms with Crippen LogP contribution in [-0.4, -0.2) is 28.5 Å². The van der Waals surface area contributed by atoms with Crippen LogP contribution in [0.25, 0.3) is 10.9 Å². The van der Waals surface area contributed by atoms with Gasteiger partial charge in [-0.1, -0.05) is 41.4 Å². The van der Waals surface area contributed by atoms with Crippen LogP contribution in [0.1, 0.15) is 15.9 Å². The van der Waals surface area contributed by atoms with E-state index in [0.29, 0.717) is 33.9 Å². The lowest BCUT2D eigenvalue weighted by molar-refractivity contribution is -0.112. The van der Waals surface area contributed by atoms with Crippen molar-refractivity contribution < 1.29 is 19.4 Å². The minimum atomic E-state index is -0.853. The number of benzene rings is 3. The molecule has 1 aromatic heterocycles. The quantitative estimate of drug-likeness (QED) is 0.287. The summed E-state index contributed by atoms with van der Waals surface area (Å²) < 4.78 is 6.86. The van der Waals surface area contributed by atoms with Gasteiger partial charge in [-0.3, -0.25) is 9.59 Å². The molecule has 3 aromatic carbocycles. The van der Waals surface area contributed by atoms with Gasteiger partial charge < -0.3 is 19.7 Å². The number of phenols is 1. The number of rotatable bonds is 6. The molecule has 1 heterocycles. The van der Waals surface area contributed by atoms with Gasteiger partial charge in [0.25, 0.3) is 11.7 Å². The third-order valence-electron chi connectivity index (χ3n) is 5.00. The normalized spacial score (nSPS) is 10.8. The lowest BCUT2D eigenvalue weighted by atomic mass is 10.1. The van der Waals surface area contributed by atoms with Crippen LogP contribution < -0.4 is 10.1 Å². The molecule has 6 nitrogen and oxygen atoms in total. The second-order valence-corrected chi connectivity index (χ2v) is 7.89. The largest absolute Gasteiger partial charge is 0.508 e. The third kappa shape index (κ3) is 4.28. The molecule has 4 rings (SSSR count). The summed E-state index contributed by atoms with van der Waals surface area (Å²) in [6.07, 6.45) is 0. The van der Waals surface area contributed by atoms with Gasteiger partial charge >= 0.3 is 0 Å². The Labute approximate surface area is 193 Å². The van der Waals surface area contributed by atoms with Gasteiger partial charge in [-0.2, -0.15) is 0 Å². The Morgan fingerprint density at radius 1 is 1.03 bits per heavy atom. The van der Waals surface area contributed by atoms with Crippen LogP contribution in [0.4, 0.5) is 5.69 Å². The number of carbonyl (C=O) groups is 2. The van der Waals surface area contributed by atoms with Gasteiger partial charge in [0.2, 0.25) is 0 Å². The van der Waals surface area contributed by atoms with Crippen LogP contribution in [0.2, 0.25) is 10.2 Å². The first-order valence-corrected chi connectivity index (χ1v) is 10.4. The van der Waals surface area contributed by atoms with E-state index in [0.717, 1.165) is 5.56 Å². The molecule has 8 heteroatoms. The molecule has 0 unspecified atom stereocenters. The molecule has 0 saturated heterocycles. The van der Waals surface area contributed by atoms with E-state index in [1.165, 1.54) is 19.2 Å². The first-order chi connectivity index (χ1) is 15.4. The first kappa shape index (κ1) is 21.7. The number of aromatic hydroxyl groups is 1. The van der Waals surface area contributed by atoms with Gasteiger partial charge in [0.1, 0.15) is 16.7 Å². The van der Waals surface area contributed by atoms with E-state index in [2.05, 4.69) is 5.32 Å². The van der Waals surface area contributed by atoms with Crippen LogP contribution in [0, 0.1) is 0 Å². The standard InChI is InChI=1S/C24H18Cl2N2O4/c1-32-18-4-2-3-16(11-18)27-24(31)22(30)21-19-12-17(29)9-10-20(19)28(23(21)26)13-14-5-7-15(25)8-6-14/h2-12,29H,13H2,1H3,(H,27,31). The molecule has 0 radical (unpaired) electrons. The maximum atomic E-state index is 13.1. The molecule has 0 aliphatic rings. The van der Waals surface area contributed by atoms with Crippen molar-refractivity contribution in [2.75, 3.05) is 12.4 Å². The van der Waals surface area contributed by atoms with E-state index < -0.39 is 11.7 Å². The zero-order valence-corrected chi connectivity index (χ0v) is 18.4. The summed E-state index contributed by atoms with van der Waals surface area (Å²) in [5.41, 5.74) is 1.94. The number of nitrogens with zero attached hydrogens (tertiary/aromatic N) is 1. The predicted molar refractivity (Wildman–Crippen MR) is 125 cm³/mol. The SMILES string of the molecule is COc1cccc(NC(=O)C(=O)c2c(Cl)n(Cc3ccc(Cl)cc3)c3ccc(O)cc23)c1. The summed E-state index contributed by atoms with van der Waals surface area (Å²) in [5, 5.41) is 13.7. The van der Waals surface area contributed by atoms with Crippen molar-refractivity contribution in [2.45, 2.75) is 6.54 Å². The van der Waals surface area contributed by atoms with Gasteiger partial charge in [-0.25, -0.2) is 0 Å². The highest BCUT2D eigenvalue weighted by Gasteiger charge is 2.27. The number of carbonyl (C=O) groups excluding carboxylic acids is 2. The highest BCUT2D eigenvalue weighted by atomic mass is 35.5. The highest BCUT2D eigenvalue weighted by molar-refractivity contribution is 6.51. The molecule has 0 aliphatic heterocycles. The summed E-state index contributed by atoms with van der Waals surface area (Å²) in [5.74, 6) is -1.17. The highest BCUT2D eigenvalue weighted by Crippen LogP contribution is 2.34. The molecule has 32 heavy (non-hydrogen) atoms. The second kappa shape index (κ2) is 8.94. The minimum absolute atomic E-state index is 0.0203. The van der Waals surface area contributed by atoms with Gasteiger partial charge in [0, 0.05) is 28.7 Å². The maximum Gasteiger partial charge on any atom is 0.296 e. The van der Waals surface area contributed by atoms with Gasteiger partial charge in [0.05, 0.1) is 18.2 Å². The number of ketones is 1. The summed E-state index contributed by atoms with van der Waals surface area (Å²) in [6, 6.07) is 18.5. The fourth-order valence-electron chi connectivity index (χ4n) is 3.46. The average molecular weight is 469 g/mol. The number of methoxy groups -OCH3 is 1.